The molecule has 22 rings (SSSR count). The number of fused-ring (bicyclic) bond motifs is 34. The van der Waals surface area contributed by atoms with Crippen LogP contribution in [0.15, 0.2) is 285 Å². The van der Waals surface area contributed by atoms with E-state index in [9.17, 15) is 0 Å². The van der Waals surface area contributed by atoms with Gasteiger partial charge < -0.3 is 17.7 Å². The van der Waals surface area contributed by atoms with E-state index in [0.29, 0.717) is 10.0 Å². The quantitative estimate of drug-likeness (QED) is 0.177. The Morgan fingerprint density at radius 2 is 0.630 bits per heavy atom. The molecule has 4 nitrogen and oxygen atoms in total. The van der Waals surface area contributed by atoms with Crippen LogP contribution in [0.5, 0.6) is 0 Å². The normalized spacial score (nSPS) is 16.2. The van der Waals surface area contributed by atoms with Crippen LogP contribution in [0.3, 0.4) is 0 Å². The second-order valence-corrected chi connectivity index (χ2v) is 26.3. The molecule has 0 bridgehead atoms. The summed E-state index contributed by atoms with van der Waals surface area (Å²) in [5.74, 6) is 0. The largest absolute Gasteiger partial charge is 0.456 e. The van der Waals surface area contributed by atoms with Crippen LogP contribution >= 0.6 is 23.2 Å². The molecule has 6 heteroatoms. The minimum Gasteiger partial charge on any atom is -0.456 e. The summed E-state index contributed by atoms with van der Waals surface area (Å²) in [7, 11) is 0. The predicted octanol–water partition coefficient (Wildman–Crippen LogP) is 24.3. The number of hydrogen-bond acceptors (Lipinski definition) is 4. The molecule has 426 valence electrons. The summed E-state index contributed by atoms with van der Waals surface area (Å²) in [5.41, 5.74) is 31.3. The lowest BCUT2D eigenvalue weighted by Gasteiger charge is -2.31. The van der Waals surface area contributed by atoms with Gasteiger partial charge in [-0.05, 0) is 214 Å². The molecule has 92 heavy (non-hydrogen) atoms. The molecule has 2 unspecified atom stereocenters. The Hall–Kier alpha value is -11.1. The van der Waals surface area contributed by atoms with Crippen molar-refractivity contribution in [1.29, 1.82) is 0 Å². The summed E-state index contributed by atoms with van der Waals surface area (Å²) in [6.45, 7) is 0. The van der Waals surface area contributed by atoms with Crippen LogP contribution in [0, 0.1) is 0 Å². The van der Waals surface area contributed by atoms with Crippen LogP contribution in [0.1, 0.15) is 44.5 Å². The van der Waals surface area contributed by atoms with E-state index in [1.807, 2.05) is 30.3 Å². The van der Waals surface area contributed by atoms with Gasteiger partial charge in [-0.25, -0.2) is 0 Å². The second kappa shape index (κ2) is 17.4. The maximum atomic E-state index is 7.12. The topological polar surface area (TPSA) is 52.6 Å². The fraction of sp³-hybridized carbons (Fsp3) is 0.0233. The van der Waals surface area contributed by atoms with Crippen molar-refractivity contribution in [3.8, 4) is 77.9 Å². The highest BCUT2D eigenvalue weighted by atomic mass is 35.5. The molecule has 14 aromatic carbocycles. The molecule has 4 aliphatic rings. The van der Waals surface area contributed by atoms with Gasteiger partial charge in [-0.15, -0.1) is 0 Å². The van der Waals surface area contributed by atoms with E-state index < -0.39 is 10.8 Å². The molecule has 4 aliphatic carbocycles. The van der Waals surface area contributed by atoms with E-state index in [4.69, 9.17) is 40.9 Å². The van der Waals surface area contributed by atoms with Crippen molar-refractivity contribution in [3.63, 3.8) is 0 Å². The monoisotopic (exact) mass is 1210 g/mol. The van der Waals surface area contributed by atoms with Gasteiger partial charge in [-0.1, -0.05) is 193 Å². The van der Waals surface area contributed by atoms with Crippen LogP contribution in [0.4, 0.5) is 0 Å². The first-order chi connectivity index (χ1) is 45.4. The molecular weight excluding hydrogens is 1170 g/mol. The second-order valence-electron chi connectivity index (χ2n) is 25.4. The fourth-order valence-corrected chi connectivity index (χ4v) is 18.0. The Kier molecular flexibility index (Phi) is 9.41. The molecule has 0 radical (unpaired) electrons. The molecule has 0 fully saturated rings. The van der Waals surface area contributed by atoms with Gasteiger partial charge in [0.25, 0.3) is 0 Å². The summed E-state index contributed by atoms with van der Waals surface area (Å²) in [6.07, 6.45) is 0. The summed E-state index contributed by atoms with van der Waals surface area (Å²) < 4.78 is 27.2. The van der Waals surface area contributed by atoms with Gasteiger partial charge in [0, 0.05) is 58.7 Å². The lowest BCUT2D eigenvalue weighted by Crippen LogP contribution is -2.26. The number of hydrogen-bond donors (Lipinski definition) is 0. The molecule has 4 heterocycles. The average Bonchev–Trinajstić information content (AvgIpc) is 1.51. The fourth-order valence-electron chi connectivity index (χ4n) is 17.6. The zero-order valence-electron chi connectivity index (χ0n) is 48.8. The molecule has 18 aromatic rings. The van der Waals surface area contributed by atoms with Crippen LogP contribution in [0.25, 0.3) is 166 Å². The van der Waals surface area contributed by atoms with Gasteiger partial charge in [0.05, 0.1) is 10.8 Å². The summed E-state index contributed by atoms with van der Waals surface area (Å²) in [5, 5.41) is 10.1. The number of furan rings is 4. The first-order valence-electron chi connectivity index (χ1n) is 31.3. The summed E-state index contributed by atoms with van der Waals surface area (Å²) >= 11 is 14.2. The van der Waals surface area contributed by atoms with Crippen LogP contribution in [-0.2, 0) is 10.8 Å². The van der Waals surface area contributed by atoms with Crippen LogP contribution < -0.4 is 0 Å². The minimum absolute atomic E-state index is 0.630. The number of para-hydroxylation sites is 2. The highest BCUT2D eigenvalue weighted by Crippen LogP contribution is 2.67. The Bertz CT molecular complexity index is 6440. The smallest absolute Gasteiger partial charge is 0.143 e. The zero-order valence-corrected chi connectivity index (χ0v) is 50.3. The van der Waals surface area contributed by atoms with E-state index in [-0.39, 0.29) is 0 Å². The van der Waals surface area contributed by atoms with Gasteiger partial charge in [0.1, 0.15) is 44.7 Å². The molecule has 0 N–H and O–H groups in total. The van der Waals surface area contributed by atoms with Crippen molar-refractivity contribution in [2.45, 2.75) is 10.8 Å². The molecule has 0 amide bonds. The van der Waals surface area contributed by atoms with Crippen molar-refractivity contribution in [3.05, 3.63) is 321 Å². The van der Waals surface area contributed by atoms with E-state index in [2.05, 4.69) is 237 Å². The van der Waals surface area contributed by atoms with Crippen molar-refractivity contribution >= 4 is 111 Å². The highest BCUT2D eigenvalue weighted by molar-refractivity contribution is 6.31. The highest BCUT2D eigenvalue weighted by Gasteiger charge is 2.55. The number of rotatable bonds is 3. The average molecular weight is 1210 g/mol. The molecule has 0 saturated heterocycles. The van der Waals surface area contributed by atoms with E-state index >= 15 is 0 Å². The maximum Gasteiger partial charge on any atom is 0.143 e. The van der Waals surface area contributed by atoms with Gasteiger partial charge in [0.2, 0.25) is 0 Å². The Balaban J connectivity index is 0.659. The third-order valence-electron chi connectivity index (χ3n) is 21.2. The lowest BCUT2D eigenvalue weighted by atomic mass is 9.70. The Morgan fingerprint density at radius 1 is 0.217 bits per heavy atom. The molecule has 2 atom stereocenters. The third kappa shape index (κ3) is 6.10. The van der Waals surface area contributed by atoms with Crippen molar-refractivity contribution in [2.75, 3.05) is 0 Å². The molecule has 2 spiro atoms. The SMILES string of the molecule is Clc1ccc2c(c1)C1(c3ccccc3-c3c(-c4ccc5c(c4)oc4cc(-c6ccc7c(c6)oc6ccc8c(c67)-c6ccc(Cl)cc6C86c7ccccc7-c7ccc(-c8ccc9c(c8)oc8ccccc89)cc76)ccc45)cccc31)c1ccc3c(oc4ccccc43)c1-2. The Morgan fingerprint density at radius 3 is 1.35 bits per heavy atom. The van der Waals surface area contributed by atoms with Gasteiger partial charge in [-0.2, -0.15) is 0 Å². The zero-order chi connectivity index (χ0) is 60.0. The van der Waals surface area contributed by atoms with Crippen molar-refractivity contribution in [2.24, 2.45) is 0 Å². The van der Waals surface area contributed by atoms with E-state index in [1.165, 1.54) is 72.3 Å². The molecular formula is C86H44Cl2O4. The van der Waals surface area contributed by atoms with Gasteiger partial charge >= 0.3 is 0 Å². The number of benzene rings is 14. The van der Waals surface area contributed by atoms with Crippen LogP contribution in [0.2, 0.25) is 10.0 Å². The Labute approximate surface area is 535 Å². The summed E-state index contributed by atoms with van der Waals surface area (Å²) in [4.78, 5) is 0. The third-order valence-corrected chi connectivity index (χ3v) is 21.7. The molecule has 0 saturated carbocycles. The molecule has 0 aliphatic heterocycles. The first kappa shape index (κ1) is 49.7. The first-order valence-corrected chi connectivity index (χ1v) is 32.1. The van der Waals surface area contributed by atoms with Crippen molar-refractivity contribution < 1.29 is 17.7 Å². The maximum absolute atomic E-state index is 7.12. The lowest BCUT2D eigenvalue weighted by molar-refractivity contribution is 0.668. The van der Waals surface area contributed by atoms with E-state index in [0.717, 1.165) is 138 Å². The van der Waals surface area contributed by atoms with E-state index in [1.54, 1.807) is 0 Å². The van der Waals surface area contributed by atoms with Crippen molar-refractivity contribution in [1.82, 2.24) is 0 Å². The van der Waals surface area contributed by atoms with Crippen LogP contribution in [-0.4, -0.2) is 0 Å². The van der Waals surface area contributed by atoms with Gasteiger partial charge in [-0.3, -0.25) is 0 Å². The number of halogens is 2. The molecule has 4 aromatic heterocycles. The minimum atomic E-state index is -0.647. The summed E-state index contributed by atoms with van der Waals surface area (Å²) in [6, 6.07) is 96.7. The standard InChI is InChI=1S/C86H44Cl2O4/c87-50-25-32-62-71(43-50)86(65-15-5-1-10-53(65)54-27-20-45(38-70(54)86)46-21-28-57-55-11-3-7-18-73(55)89-76(57)39-46)68-36-37-75-83(81(62)68)64-31-23-48(41-79(64)90-75)47-22-29-58-59-30-24-49(42-78(59)91-77(58)40-47)52-14-9-17-67-80(52)61-13-2-6-16-66(61)85(67)69-35-34-60-56-12-4-8-19-74(56)92-84(60)82(69)63-33-26-51(88)44-72(63)85/h1-44H. The predicted molar refractivity (Wildman–Crippen MR) is 374 cm³/mol. The van der Waals surface area contributed by atoms with Gasteiger partial charge in [0.15, 0.2) is 0 Å².